The monoisotopic (exact) mass is 333 g/mol. The van der Waals surface area contributed by atoms with E-state index in [4.69, 9.17) is 9.26 Å². The maximum absolute atomic E-state index is 13.2. The Morgan fingerprint density at radius 3 is 2.54 bits per heavy atom. The third kappa shape index (κ3) is 3.35. The van der Waals surface area contributed by atoms with E-state index in [-0.39, 0.29) is 29.8 Å². The van der Waals surface area contributed by atoms with Gasteiger partial charge in [0.25, 0.3) is 5.89 Å². The first kappa shape index (κ1) is 15.5. The topological polar surface area (TPSA) is 91.3 Å². The van der Waals surface area contributed by atoms with Gasteiger partial charge in [0.2, 0.25) is 5.82 Å². The van der Waals surface area contributed by atoms with Gasteiger partial charge < -0.3 is 9.26 Å². The van der Waals surface area contributed by atoms with Gasteiger partial charge in [-0.05, 0) is 30.3 Å². The quantitative estimate of drug-likeness (QED) is 0.524. The van der Waals surface area contributed by atoms with E-state index in [0.717, 1.165) is 18.2 Å². The Bertz CT molecular complexity index is 881. The van der Waals surface area contributed by atoms with Gasteiger partial charge in [-0.1, -0.05) is 5.16 Å². The molecule has 24 heavy (non-hydrogen) atoms. The second kappa shape index (κ2) is 6.41. The normalized spacial score (nSPS) is 10.6. The molecule has 2 aromatic carbocycles. The van der Waals surface area contributed by atoms with Crippen LogP contribution in [0.5, 0.6) is 5.75 Å². The summed E-state index contributed by atoms with van der Waals surface area (Å²) in [5, 5.41) is 14.5. The second-order valence-electron chi connectivity index (χ2n) is 4.68. The Labute approximate surface area is 133 Å². The summed E-state index contributed by atoms with van der Waals surface area (Å²) in [4.78, 5) is 14.2. The number of hydrogen-bond acceptors (Lipinski definition) is 6. The Balaban J connectivity index is 1.75. The van der Waals surface area contributed by atoms with E-state index in [1.54, 1.807) is 0 Å². The summed E-state index contributed by atoms with van der Waals surface area (Å²) < 4.78 is 36.3. The molecule has 0 bridgehead atoms. The molecule has 0 radical (unpaired) electrons. The zero-order valence-electron chi connectivity index (χ0n) is 12.0. The summed E-state index contributed by atoms with van der Waals surface area (Å²) >= 11 is 0. The van der Waals surface area contributed by atoms with Crippen molar-refractivity contribution < 1.29 is 23.0 Å². The van der Waals surface area contributed by atoms with E-state index >= 15 is 0 Å². The van der Waals surface area contributed by atoms with Crippen molar-refractivity contribution in [2.45, 2.75) is 6.61 Å². The van der Waals surface area contributed by atoms with E-state index in [1.165, 1.54) is 24.3 Å². The van der Waals surface area contributed by atoms with E-state index in [1.807, 2.05) is 0 Å². The third-order valence-corrected chi connectivity index (χ3v) is 3.03. The molecule has 0 saturated carbocycles. The lowest BCUT2D eigenvalue weighted by Gasteiger charge is -2.04. The van der Waals surface area contributed by atoms with E-state index in [2.05, 4.69) is 10.1 Å². The molecule has 9 heteroatoms. The molecule has 0 N–H and O–H groups in total. The molecule has 0 spiro atoms. The smallest absolute Gasteiger partial charge is 0.311 e. The molecule has 0 amide bonds. The highest BCUT2D eigenvalue weighted by atomic mass is 19.1. The first-order valence-electron chi connectivity index (χ1n) is 6.68. The predicted octanol–water partition coefficient (Wildman–Crippen LogP) is 3.50. The van der Waals surface area contributed by atoms with Crippen LogP contribution in [0, 0.1) is 21.7 Å². The number of ether oxygens (including phenoxy) is 1. The summed E-state index contributed by atoms with van der Waals surface area (Å²) in [6, 6.07) is 8.28. The van der Waals surface area contributed by atoms with Crippen LogP contribution in [0.4, 0.5) is 14.5 Å². The minimum absolute atomic E-state index is 0.105. The van der Waals surface area contributed by atoms with Gasteiger partial charge in [0.05, 0.1) is 4.92 Å². The maximum atomic E-state index is 13.2. The molecule has 1 aromatic heterocycles. The molecule has 1 heterocycles. The molecule has 0 atom stereocenters. The van der Waals surface area contributed by atoms with Crippen LogP contribution in [-0.2, 0) is 6.61 Å². The lowest BCUT2D eigenvalue weighted by atomic mass is 10.2. The van der Waals surface area contributed by atoms with Crippen molar-refractivity contribution in [3.8, 4) is 17.2 Å². The molecule has 0 saturated heterocycles. The summed E-state index contributed by atoms with van der Waals surface area (Å²) in [5.41, 5.74) is 0.130. The molecular weight excluding hydrogens is 324 g/mol. The Morgan fingerprint density at radius 1 is 1.12 bits per heavy atom. The van der Waals surface area contributed by atoms with Crippen molar-refractivity contribution in [3.63, 3.8) is 0 Å². The number of nitro benzene ring substituents is 1. The molecule has 0 aliphatic carbocycles. The summed E-state index contributed by atoms with van der Waals surface area (Å²) in [5.74, 6) is -1.07. The number of nitro groups is 1. The van der Waals surface area contributed by atoms with Gasteiger partial charge in [-0.3, -0.25) is 10.1 Å². The van der Waals surface area contributed by atoms with Gasteiger partial charge in [0, 0.05) is 17.7 Å². The van der Waals surface area contributed by atoms with Crippen LogP contribution in [0.3, 0.4) is 0 Å². The van der Waals surface area contributed by atoms with Gasteiger partial charge in [0.15, 0.2) is 12.4 Å². The second-order valence-corrected chi connectivity index (χ2v) is 4.68. The number of hydrogen-bond donors (Lipinski definition) is 0. The summed E-state index contributed by atoms with van der Waals surface area (Å²) in [6.45, 7) is -0.255. The minimum atomic E-state index is -0.686. The van der Waals surface area contributed by atoms with Crippen molar-refractivity contribution in [2.75, 3.05) is 0 Å². The van der Waals surface area contributed by atoms with Crippen LogP contribution in [0.15, 0.2) is 47.0 Å². The zero-order chi connectivity index (χ0) is 17.1. The number of aromatic nitrogens is 2. The number of benzene rings is 2. The Morgan fingerprint density at radius 2 is 1.83 bits per heavy atom. The van der Waals surface area contributed by atoms with E-state index < -0.39 is 16.6 Å². The maximum Gasteiger partial charge on any atom is 0.311 e. The number of nitrogens with zero attached hydrogens (tertiary/aromatic N) is 3. The highest BCUT2D eigenvalue weighted by molar-refractivity contribution is 5.52. The highest BCUT2D eigenvalue weighted by Gasteiger charge is 2.17. The summed E-state index contributed by atoms with van der Waals surface area (Å²) in [7, 11) is 0. The van der Waals surface area contributed by atoms with E-state index in [0.29, 0.717) is 5.56 Å². The average Bonchev–Trinajstić information content (AvgIpc) is 3.02. The molecule has 0 aliphatic rings. The van der Waals surface area contributed by atoms with Crippen LogP contribution in [-0.4, -0.2) is 15.1 Å². The van der Waals surface area contributed by atoms with Crippen molar-refractivity contribution >= 4 is 5.69 Å². The van der Waals surface area contributed by atoms with Crippen molar-refractivity contribution in [1.82, 2.24) is 10.1 Å². The number of rotatable bonds is 5. The highest BCUT2D eigenvalue weighted by Crippen LogP contribution is 2.28. The largest absolute Gasteiger partial charge is 0.478 e. The molecule has 7 nitrogen and oxygen atoms in total. The van der Waals surface area contributed by atoms with Gasteiger partial charge in [-0.2, -0.15) is 4.98 Å². The summed E-state index contributed by atoms with van der Waals surface area (Å²) in [6.07, 6.45) is 0. The fraction of sp³-hybridized carbons (Fsp3) is 0.0667. The fourth-order valence-electron chi connectivity index (χ4n) is 1.92. The Kier molecular flexibility index (Phi) is 4.15. The molecule has 0 unspecified atom stereocenters. The van der Waals surface area contributed by atoms with Crippen molar-refractivity contribution in [3.05, 3.63) is 70.0 Å². The molecule has 3 aromatic rings. The van der Waals surface area contributed by atoms with Gasteiger partial charge in [-0.15, -0.1) is 0 Å². The van der Waals surface area contributed by atoms with Crippen LogP contribution >= 0.6 is 0 Å². The van der Waals surface area contributed by atoms with Crippen LogP contribution in [0.25, 0.3) is 11.5 Å². The Hall–Kier alpha value is -3.36. The van der Waals surface area contributed by atoms with Gasteiger partial charge >= 0.3 is 5.69 Å². The predicted molar refractivity (Wildman–Crippen MR) is 77.1 cm³/mol. The van der Waals surface area contributed by atoms with Crippen molar-refractivity contribution in [1.29, 1.82) is 0 Å². The molecular formula is C15H9F2N3O4. The zero-order valence-corrected chi connectivity index (χ0v) is 12.0. The fourth-order valence-corrected chi connectivity index (χ4v) is 1.92. The van der Waals surface area contributed by atoms with Crippen LogP contribution < -0.4 is 4.74 Å². The molecule has 122 valence electrons. The lowest BCUT2D eigenvalue weighted by Crippen LogP contribution is -2.01. The molecule has 0 fully saturated rings. The third-order valence-electron chi connectivity index (χ3n) is 3.03. The SMILES string of the molecule is O=[N+]([O-])c1ccc(F)cc1OCc1noc(-c2ccc(F)cc2)n1. The van der Waals surface area contributed by atoms with Crippen LogP contribution in [0.1, 0.15) is 5.82 Å². The first-order chi connectivity index (χ1) is 11.5. The first-order valence-corrected chi connectivity index (χ1v) is 6.68. The minimum Gasteiger partial charge on any atom is -0.478 e. The van der Waals surface area contributed by atoms with Crippen molar-refractivity contribution in [2.24, 2.45) is 0 Å². The lowest BCUT2D eigenvalue weighted by molar-refractivity contribution is -0.386. The molecule has 0 aliphatic heterocycles. The average molecular weight is 333 g/mol. The molecule has 3 rings (SSSR count). The van der Waals surface area contributed by atoms with Crippen LogP contribution in [0.2, 0.25) is 0 Å². The standard InChI is InChI=1S/C15H9F2N3O4/c16-10-3-1-9(2-4-10)15-18-14(19-24-15)8-23-13-7-11(17)5-6-12(13)20(21)22/h1-7H,8H2. The van der Waals surface area contributed by atoms with Gasteiger partial charge in [0.1, 0.15) is 11.6 Å². The van der Waals surface area contributed by atoms with E-state index in [9.17, 15) is 18.9 Å². The van der Waals surface area contributed by atoms with Gasteiger partial charge in [-0.25, -0.2) is 8.78 Å². The number of halogens is 2.